The van der Waals surface area contributed by atoms with Crippen molar-refractivity contribution in [2.45, 2.75) is 19.5 Å². The van der Waals surface area contributed by atoms with Crippen molar-refractivity contribution in [3.8, 4) is 5.75 Å². The molecule has 10 nitrogen and oxygen atoms in total. The Bertz CT molecular complexity index is 1480. The van der Waals surface area contributed by atoms with Crippen LogP contribution >= 0.6 is 11.5 Å². The number of nitrogens with zero attached hydrogens (tertiary/aromatic N) is 2. The first-order valence-electron chi connectivity index (χ1n) is 11.3. The van der Waals surface area contributed by atoms with E-state index in [1.165, 1.54) is 36.3 Å². The quantitative estimate of drug-likeness (QED) is 0.295. The Morgan fingerprint density at radius 1 is 1.16 bits per heavy atom. The van der Waals surface area contributed by atoms with Crippen LogP contribution in [0.4, 0.5) is 15.8 Å². The second-order valence-corrected chi connectivity index (χ2v) is 8.98. The van der Waals surface area contributed by atoms with E-state index in [4.69, 9.17) is 20.6 Å². The van der Waals surface area contributed by atoms with Crippen molar-refractivity contribution in [3.05, 3.63) is 94.1 Å². The fourth-order valence-electron chi connectivity index (χ4n) is 3.74. The minimum atomic E-state index is -1.30. The molecule has 0 bridgehead atoms. The van der Waals surface area contributed by atoms with Gasteiger partial charge in [0.15, 0.2) is 11.7 Å². The normalized spacial score (nSPS) is 11.6. The van der Waals surface area contributed by atoms with Gasteiger partial charge in [0, 0.05) is 18.3 Å². The Morgan fingerprint density at radius 2 is 1.89 bits per heavy atom. The molecular weight excluding hydrogens is 513 g/mol. The molecule has 0 saturated heterocycles. The van der Waals surface area contributed by atoms with Crippen molar-refractivity contribution in [3.63, 3.8) is 0 Å². The summed E-state index contributed by atoms with van der Waals surface area (Å²) in [5, 5.41) is 2.79. The van der Waals surface area contributed by atoms with E-state index in [9.17, 15) is 18.8 Å². The Labute approximate surface area is 221 Å². The van der Waals surface area contributed by atoms with E-state index in [2.05, 4.69) is 9.69 Å². The monoisotopic (exact) mass is 537 g/mol. The number of ether oxygens (including phenoxy) is 1. The topological polar surface area (TPSA) is 154 Å². The lowest BCUT2D eigenvalue weighted by molar-refractivity contribution is -0.123. The third kappa shape index (κ3) is 5.49. The van der Waals surface area contributed by atoms with Crippen molar-refractivity contribution in [1.82, 2.24) is 9.69 Å². The first-order valence-corrected chi connectivity index (χ1v) is 12.1. The highest BCUT2D eigenvalue weighted by molar-refractivity contribution is 7.09. The first kappa shape index (κ1) is 26.4. The molecule has 12 heteroatoms. The van der Waals surface area contributed by atoms with Gasteiger partial charge in [0.1, 0.15) is 28.0 Å². The molecule has 3 amide bonds. The number of amides is 3. The van der Waals surface area contributed by atoms with Gasteiger partial charge in [-0.25, -0.2) is 4.39 Å². The smallest absolute Gasteiger partial charge is 0.273 e. The SMILES string of the molecule is COc1cccc(N(C(=O)c2snc(C(N)=O)c2N)[C@@H](C(=O)NCc2ccc(F)cc2)c2ccc(C)o2)c1. The molecule has 5 N–H and O–H groups in total. The number of benzene rings is 2. The van der Waals surface area contributed by atoms with Gasteiger partial charge in [-0.3, -0.25) is 19.3 Å². The first-order chi connectivity index (χ1) is 18.2. The Kier molecular flexibility index (Phi) is 7.72. The molecule has 0 aliphatic heterocycles. The van der Waals surface area contributed by atoms with Crippen LogP contribution in [0.2, 0.25) is 0 Å². The number of carbonyl (C=O) groups is 3. The molecular formula is C26H24FN5O5S. The molecule has 4 rings (SSSR count). The molecule has 4 aromatic rings. The summed E-state index contributed by atoms with van der Waals surface area (Å²) in [4.78, 5) is 40.5. The van der Waals surface area contributed by atoms with Crippen molar-refractivity contribution in [2.24, 2.45) is 5.73 Å². The highest BCUT2D eigenvalue weighted by atomic mass is 32.1. The number of nitrogen functional groups attached to an aromatic ring is 1. The summed E-state index contributed by atoms with van der Waals surface area (Å²) in [5.41, 5.74) is 11.9. The fraction of sp³-hybridized carbons (Fsp3) is 0.154. The number of aromatic nitrogens is 1. The van der Waals surface area contributed by atoms with Gasteiger partial charge in [-0.1, -0.05) is 18.2 Å². The molecule has 2 aromatic carbocycles. The maximum absolute atomic E-state index is 14.0. The Morgan fingerprint density at radius 3 is 2.50 bits per heavy atom. The van der Waals surface area contributed by atoms with E-state index < -0.39 is 29.6 Å². The van der Waals surface area contributed by atoms with Crippen molar-refractivity contribution in [1.29, 1.82) is 0 Å². The Hall–Kier alpha value is -4.71. The van der Waals surface area contributed by atoms with Crippen LogP contribution in [0.15, 0.2) is 65.1 Å². The number of rotatable bonds is 9. The molecule has 2 aromatic heterocycles. The Balaban J connectivity index is 1.81. The highest BCUT2D eigenvalue weighted by Gasteiger charge is 2.38. The van der Waals surface area contributed by atoms with Gasteiger partial charge >= 0.3 is 0 Å². The number of hydrogen-bond acceptors (Lipinski definition) is 8. The van der Waals surface area contributed by atoms with Crippen LogP contribution in [0, 0.1) is 12.7 Å². The summed E-state index contributed by atoms with van der Waals surface area (Å²) in [6, 6.07) is 14.1. The molecule has 0 fully saturated rings. The van der Waals surface area contributed by atoms with Crippen LogP contribution in [-0.2, 0) is 11.3 Å². The van der Waals surface area contributed by atoms with E-state index in [0.717, 1.165) is 0 Å². The van der Waals surface area contributed by atoms with Crippen LogP contribution in [-0.4, -0.2) is 29.2 Å². The summed E-state index contributed by atoms with van der Waals surface area (Å²) >= 11 is 0.691. The van der Waals surface area contributed by atoms with Gasteiger partial charge < -0.3 is 25.9 Å². The number of halogens is 1. The lowest BCUT2D eigenvalue weighted by Gasteiger charge is -2.30. The molecule has 0 unspecified atom stereocenters. The van der Waals surface area contributed by atoms with Gasteiger partial charge in [-0.15, -0.1) is 0 Å². The third-order valence-electron chi connectivity index (χ3n) is 5.62. The molecule has 0 aliphatic carbocycles. The number of nitrogens with one attached hydrogen (secondary N) is 1. The van der Waals surface area contributed by atoms with Gasteiger partial charge in [0.25, 0.3) is 17.7 Å². The van der Waals surface area contributed by atoms with Crippen molar-refractivity contribution >= 4 is 40.6 Å². The lowest BCUT2D eigenvalue weighted by atomic mass is 10.1. The summed E-state index contributed by atoms with van der Waals surface area (Å²) in [6.07, 6.45) is 0. The van der Waals surface area contributed by atoms with Crippen LogP contribution in [0.1, 0.15) is 43.3 Å². The zero-order valence-electron chi connectivity index (χ0n) is 20.4. The molecule has 196 valence electrons. The number of primary amides is 1. The van der Waals surface area contributed by atoms with Gasteiger partial charge in [0.05, 0.1) is 12.8 Å². The van der Waals surface area contributed by atoms with Crippen LogP contribution in [0.25, 0.3) is 0 Å². The summed E-state index contributed by atoms with van der Waals surface area (Å²) in [6.45, 7) is 1.76. The number of furan rings is 1. The highest BCUT2D eigenvalue weighted by Crippen LogP contribution is 2.35. The van der Waals surface area contributed by atoms with E-state index in [-0.39, 0.29) is 28.6 Å². The van der Waals surface area contributed by atoms with Gasteiger partial charge in [-0.2, -0.15) is 4.37 Å². The van der Waals surface area contributed by atoms with E-state index in [1.807, 2.05) is 0 Å². The van der Waals surface area contributed by atoms with E-state index in [1.54, 1.807) is 43.3 Å². The predicted molar refractivity (Wildman–Crippen MR) is 139 cm³/mol. The number of methoxy groups -OCH3 is 1. The largest absolute Gasteiger partial charge is 0.497 e. The average molecular weight is 538 g/mol. The maximum Gasteiger partial charge on any atom is 0.273 e. The van der Waals surface area contributed by atoms with Crippen molar-refractivity contribution < 1.29 is 27.9 Å². The third-order valence-corrected chi connectivity index (χ3v) is 6.47. The fourth-order valence-corrected chi connectivity index (χ4v) is 4.49. The second-order valence-electron chi connectivity index (χ2n) is 8.21. The number of carbonyl (C=O) groups excluding carboxylic acids is 3. The number of aryl methyl sites for hydroxylation is 1. The number of anilines is 2. The standard InChI is InChI=1S/C26H24FN5O5S/c1-14-6-11-19(37-14)22(25(34)30-13-15-7-9-16(27)10-8-15)32(17-4-3-5-18(12-17)36-2)26(35)23-20(28)21(24(29)33)31-38-23/h3-12,22H,13,28H2,1-2H3,(H2,29,33)(H,30,34)/t22-/m1/s1. The van der Waals surface area contributed by atoms with Crippen LogP contribution in [0.3, 0.4) is 0 Å². The molecule has 1 atom stereocenters. The van der Waals surface area contributed by atoms with Crippen molar-refractivity contribution in [2.75, 3.05) is 17.7 Å². The average Bonchev–Trinajstić information content (AvgIpc) is 3.51. The number of nitrogens with two attached hydrogens (primary N) is 2. The molecule has 0 spiro atoms. The lowest BCUT2D eigenvalue weighted by Crippen LogP contribution is -2.43. The zero-order chi connectivity index (χ0) is 27.4. The second kappa shape index (κ2) is 11.1. The molecule has 0 radical (unpaired) electrons. The molecule has 0 saturated carbocycles. The van der Waals surface area contributed by atoms with Gasteiger partial charge in [-0.05, 0) is 60.4 Å². The summed E-state index contributed by atoms with van der Waals surface area (Å²) in [7, 11) is 1.47. The van der Waals surface area contributed by atoms with Crippen LogP contribution in [0.5, 0.6) is 5.75 Å². The van der Waals surface area contributed by atoms with E-state index in [0.29, 0.717) is 34.3 Å². The summed E-state index contributed by atoms with van der Waals surface area (Å²) in [5.74, 6) is -1.47. The minimum Gasteiger partial charge on any atom is -0.497 e. The molecule has 0 aliphatic rings. The zero-order valence-corrected chi connectivity index (χ0v) is 21.3. The molecule has 2 heterocycles. The maximum atomic E-state index is 14.0. The minimum absolute atomic E-state index is 0.0595. The van der Waals surface area contributed by atoms with Crippen LogP contribution < -0.4 is 26.4 Å². The van der Waals surface area contributed by atoms with Gasteiger partial charge in [0.2, 0.25) is 0 Å². The van der Waals surface area contributed by atoms with E-state index >= 15 is 0 Å². The molecule has 38 heavy (non-hydrogen) atoms. The summed E-state index contributed by atoms with van der Waals surface area (Å²) < 4.78 is 28.4. The predicted octanol–water partition coefficient (Wildman–Crippen LogP) is 3.58. The number of hydrogen-bond donors (Lipinski definition) is 3.